The highest BCUT2D eigenvalue weighted by molar-refractivity contribution is 8.00. The molecule has 100 valence electrons. The largest absolute Gasteiger partial charge is 0.397 e. The van der Waals surface area contributed by atoms with Crippen LogP contribution in [0.4, 0.5) is 13.2 Å². The number of β-amino-alcohol motifs (C(OH)–C–C–N with tert-alkyl or cyclic N) is 1. The number of halogens is 3. The first-order valence-electron chi connectivity index (χ1n) is 5.40. The normalized spacial score (nSPS) is 26.1. The van der Waals surface area contributed by atoms with Gasteiger partial charge < -0.3 is 10.0 Å². The number of rotatable bonds is 3. The number of amides is 1. The molecule has 17 heavy (non-hydrogen) atoms. The number of hydrogen-bond acceptors (Lipinski definition) is 3. The number of aliphatic hydroxyl groups excluding tert-OH is 1. The summed E-state index contributed by atoms with van der Waals surface area (Å²) < 4.78 is 35.6. The summed E-state index contributed by atoms with van der Waals surface area (Å²) >= 11 is 0.566. The van der Waals surface area contributed by atoms with E-state index in [4.69, 9.17) is 0 Å². The molecule has 0 spiro atoms. The van der Waals surface area contributed by atoms with Crippen molar-refractivity contribution in [3.8, 4) is 0 Å². The van der Waals surface area contributed by atoms with Gasteiger partial charge >= 0.3 is 6.18 Å². The first-order chi connectivity index (χ1) is 7.79. The molecule has 0 aliphatic carbocycles. The van der Waals surface area contributed by atoms with E-state index in [1.54, 1.807) is 0 Å². The topological polar surface area (TPSA) is 40.5 Å². The zero-order valence-corrected chi connectivity index (χ0v) is 10.4. The molecule has 1 N–H and O–H groups in total. The van der Waals surface area contributed by atoms with Crippen LogP contribution in [0, 0.1) is 5.92 Å². The quantitative estimate of drug-likeness (QED) is 0.846. The molecule has 2 unspecified atom stereocenters. The molecule has 0 bridgehead atoms. The van der Waals surface area contributed by atoms with E-state index < -0.39 is 18.0 Å². The van der Waals surface area contributed by atoms with E-state index in [0.717, 1.165) is 0 Å². The van der Waals surface area contributed by atoms with Gasteiger partial charge in [0, 0.05) is 13.1 Å². The predicted octanol–water partition coefficient (Wildman–Crippen LogP) is 1.51. The Hall–Kier alpha value is -0.430. The van der Waals surface area contributed by atoms with Gasteiger partial charge in [-0.2, -0.15) is 13.2 Å². The van der Waals surface area contributed by atoms with Crippen LogP contribution < -0.4 is 0 Å². The van der Waals surface area contributed by atoms with E-state index in [1.165, 1.54) is 4.90 Å². The van der Waals surface area contributed by atoms with Gasteiger partial charge in [-0.05, 0) is 12.3 Å². The van der Waals surface area contributed by atoms with Crippen LogP contribution in [-0.2, 0) is 4.79 Å². The molecule has 0 saturated carbocycles. The minimum atomic E-state index is -4.24. The van der Waals surface area contributed by atoms with Crippen molar-refractivity contribution < 1.29 is 23.1 Å². The van der Waals surface area contributed by atoms with Crippen LogP contribution in [0.5, 0.6) is 0 Å². The first-order valence-corrected chi connectivity index (χ1v) is 6.55. The fraction of sp³-hybridized carbons (Fsp3) is 0.900. The van der Waals surface area contributed by atoms with E-state index in [-0.39, 0.29) is 24.1 Å². The Morgan fingerprint density at radius 1 is 1.53 bits per heavy atom. The summed E-state index contributed by atoms with van der Waals surface area (Å²) in [5, 5.41) is 9.57. The summed E-state index contributed by atoms with van der Waals surface area (Å²) in [4.78, 5) is 13.0. The van der Waals surface area contributed by atoms with E-state index in [2.05, 4.69) is 0 Å². The lowest BCUT2D eigenvalue weighted by molar-refractivity contribution is -0.132. The molecular formula is C10H16F3NO2S. The van der Waals surface area contributed by atoms with Gasteiger partial charge in [-0.25, -0.2) is 0 Å². The second-order valence-electron chi connectivity index (χ2n) is 4.28. The fourth-order valence-corrected chi connectivity index (χ4v) is 2.31. The standard InChI is InChI=1S/C10H16F3NO2S/c1-7-2-3-14(4-8(7)15)9(16)5-17-6-10(11,12)13/h7-8,15H,2-6H2,1H3. The zero-order valence-electron chi connectivity index (χ0n) is 9.54. The molecular weight excluding hydrogens is 255 g/mol. The summed E-state index contributed by atoms with van der Waals surface area (Å²) in [6.07, 6.45) is -4.11. The molecule has 1 heterocycles. The number of carbonyl (C=O) groups is 1. The Bertz CT molecular complexity index is 273. The second-order valence-corrected chi connectivity index (χ2v) is 5.27. The third-order valence-corrected chi connectivity index (χ3v) is 3.75. The molecule has 0 aromatic rings. The maximum absolute atomic E-state index is 11.9. The molecule has 7 heteroatoms. The second kappa shape index (κ2) is 5.95. The fourth-order valence-electron chi connectivity index (χ4n) is 1.62. The van der Waals surface area contributed by atoms with Crippen molar-refractivity contribution in [1.29, 1.82) is 0 Å². The molecule has 1 aliphatic rings. The summed E-state index contributed by atoms with van der Waals surface area (Å²) in [5.74, 6) is -1.38. The Morgan fingerprint density at radius 3 is 2.71 bits per heavy atom. The van der Waals surface area contributed by atoms with Crippen molar-refractivity contribution in [2.45, 2.75) is 25.6 Å². The van der Waals surface area contributed by atoms with Gasteiger partial charge in [-0.1, -0.05) is 6.92 Å². The van der Waals surface area contributed by atoms with Gasteiger partial charge in [0.15, 0.2) is 0 Å². The number of hydrogen-bond donors (Lipinski definition) is 1. The molecule has 1 saturated heterocycles. The van der Waals surface area contributed by atoms with Crippen molar-refractivity contribution in [1.82, 2.24) is 4.90 Å². The highest BCUT2D eigenvalue weighted by atomic mass is 32.2. The Morgan fingerprint density at radius 2 is 2.18 bits per heavy atom. The Labute approximate surface area is 102 Å². The summed E-state index contributed by atoms with van der Waals surface area (Å²) in [7, 11) is 0. The summed E-state index contributed by atoms with van der Waals surface area (Å²) in [6, 6.07) is 0. The molecule has 0 aromatic carbocycles. The van der Waals surface area contributed by atoms with Crippen LogP contribution in [0.3, 0.4) is 0 Å². The van der Waals surface area contributed by atoms with Crippen LogP contribution in [0.15, 0.2) is 0 Å². The monoisotopic (exact) mass is 271 g/mol. The average molecular weight is 271 g/mol. The van der Waals surface area contributed by atoms with Gasteiger partial charge in [-0.15, -0.1) is 11.8 Å². The first kappa shape index (κ1) is 14.6. The number of thioether (sulfide) groups is 1. The number of likely N-dealkylation sites (tertiary alicyclic amines) is 1. The minimum Gasteiger partial charge on any atom is -0.391 e. The van der Waals surface area contributed by atoms with Gasteiger partial charge in [0.2, 0.25) is 5.91 Å². The highest BCUT2D eigenvalue weighted by Gasteiger charge is 2.30. The van der Waals surface area contributed by atoms with Crippen molar-refractivity contribution >= 4 is 17.7 Å². The molecule has 2 atom stereocenters. The summed E-state index contributed by atoms with van der Waals surface area (Å²) in [6.45, 7) is 2.64. The van der Waals surface area contributed by atoms with Crippen molar-refractivity contribution in [2.24, 2.45) is 5.92 Å². The lowest BCUT2D eigenvalue weighted by atomic mass is 9.96. The van der Waals surface area contributed by atoms with Crippen molar-refractivity contribution in [3.05, 3.63) is 0 Å². The molecule has 1 fully saturated rings. The number of alkyl halides is 3. The van der Waals surface area contributed by atoms with Crippen LogP contribution in [0.1, 0.15) is 13.3 Å². The molecule has 0 aromatic heterocycles. The number of carbonyl (C=O) groups excluding carboxylic acids is 1. The molecule has 3 nitrogen and oxygen atoms in total. The average Bonchev–Trinajstić information content (AvgIpc) is 2.20. The Kier molecular flexibility index (Phi) is 5.12. The van der Waals surface area contributed by atoms with Gasteiger partial charge in [0.05, 0.1) is 17.6 Å². The molecule has 1 rings (SSSR count). The molecule has 1 amide bonds. The number of piperidine rings is 1. The SMILES string of the molecule is CC1CCN(C(=O)CSCC(F)(F)F)CC1O. The lowest BCUT2D eigenvalue weighted by Gasteiger charge is -2.34. The van der Waals surface area contributed by atoms with Crippen LogP contribution in [-0.4, -0.2) is 52.8 Å². The van der Waals surface area contributed by atoms with Crippen LogP contribution in [0.25, 0.3) is 0 Å². The van der Waals surface area contributed by atoms with Gasteiger partial charge in [-0.3, -0.25) is 4.79 Å². The molecule has 0 radical (unpaired) electrons. The number of nitrogens with zero attached hydrogens (tertiary/aromatic N) is 1. The van der Waals surface area contributed by atoms with Crippen molar-refractivity contribution in [3.63, 3.8) is 0 Å². The van der Waals surface area contributed by atoms with E-state index >= 15 is 0 Å². The maximum Gasteiger partial charge on any atom is 0.397 e. The van der Waals surface area contributed by atoms with Crippen molar-refractivity contribution in [2.75, 3.05) is 24.6 Å². The summed E-state index contributed by atoms with van der Waals surface area (Å²) in [5.41, 5.74) is 0. The molecule has 1 aliphatic heterocycles. The predicted molar refractivity (Wildman–Crippen MR) is 59.7 cm³/mol. The van der Waals surface area contributed by atoms with E-state index in [0.29, 0.717) is 24.7 Å². The third kappa shape index (κ3) is 5.16. The highest BCUT2D eigenvalue weighted by Crippen LogP contribution is 2.22. The Balaban J connectivity index is 2.29. The van der Waals surface area contributed by atoms with Crippen LogP contribution >= 0.6 is 11.8 Å². The smallest absolute Gasteiger partial charge is 0.391 e. The van der Waals surface area contributed by atoms with Crippen LogP contribution in [0.2, 0.25) is 0 Å². The minimum absolute atomic E-state index is 0.141. The number of aliphatic hydroxyl groups is 1. The van der Waals surface area contributed by atoms with E-state index in [1.807, 2.05) is 6.92 Å². The van der Waals surface area contributed by atoms with Gasteiger partial charge in [0.25, 0.3) is 0 Å². The van der Waals surface area contributed by atoms with E-state index in [9.17, 15) is 23.1 Å². The maximum atomic E-state index is 11.9. The zero-order chi connectivity index (χ0) is 13.1. The third-order valence-electron chi connectivity index (χ3n) is 2.76. The van der Waals surface area contributed by atoms with Gasteiger partial charge in [0.1, 0.15) is 0 Å². The lowest BCUT2D eigenvalue weighted by Crippen LogP contribution is -2.46.